The van der Waals surface area contributed by atoms with Crippen LogP contribution in [0.3, 0.4) is 0 Å². The fraction of sp³-hybridized carbons (Fsp3) is 0.357. The van der Waals surface area contributed by atoms with E-state index in [1.54, 1.807) is 62.5 Å². The molecule has 0 saturated heterocycles. The SMILES string of the molecule is C[C@H]1[C@@H](c2ccccc2)OC(=O)[C@@H](NC(=O)O)CC=CC[C@@H](CC(=O)NCc2ccc(Cl)cc2)C(=O)N1C. The molecule has 0 radical (unpaired) electrons. The molecule has 3 amide bonds. The van der Waals surface area contributed by atoms with Crippen LogP contribution in [-0.4, -0.2) is 53.0 Å². The van der Waals surface area contributed by atoms with E-state index in [-0.39, 0.29) is 31.1 Å². The molecular formula is C28H32ClN3O6. The van der Waals surface area contributed by atoms with Gasteiger partial charge in [-0.15, -0.1) is 0 Å². The van der Waals surface area contributed by atoms with Crippen molar-refractivity contribution in [3.05, 3.63) is 82.9 Å². The van der Waals surface area contributed by atoms with E-state index in [1.807, 2.05) is 18.2 Å². The number of ether oxygens (including phenoxy) is 1. The number of amides is 3. The van der Waals surface area contributed by atoms with Gasteiger partial charge in [-0.3, -0.25) is 9.59 Å². The summed E-state index contributed by atoms with van der Waals surface area (Å²) >= 11 is 5.91. The first-order valence-corrected chi connectivity index (χ1v) is 12.7. The summed E-state index contributed by atoms with van der Waals surface area (Å²) in [6, 6.07) is 14.3. The summed E-state index contributed by atoms with van der Waals surface area (Å²) in [7, 11) is 1.61. The predicted molar refractivity (Wildman–Crippen MR) is 142 cm³/mol. The lowest BCUT2D eigenvalue weighted by molar-refractivity contribution is -0.158. The first kappa shape index (κ1) is 28.7. The third kappa shape index (κ3) is 8.08. The van der Waals surface area contributed by atoms with E-state index >= 15 is 0 Å². The summed E-state index contributed by atoms with van der Waals surface area (Å²) in [5.41, 5.74) is 1.54. The summed E-state index contributed by atoms with van der Waals surface area (Å²) in [4.78, 5) is 52.1. The van der Waals surface area contributed by atoms with Gasteiger partial charge in [-0.05, 0) is 43.0 Å². The maximum Gasteiger partial charge on any atom is 0.405 e. The molecule has 1 aliphatic rings. The third-order valence-electron chi connectivity index (χ3n) is 6.49. The maximum atomic E-state index is 13.6. The smallest absolute Gasteiger partial charge is 0.405 e. The molecule has 2 aromatic carbocycles. The van der Waals surface area contributed by atoms with E-state index in [1.165, 1.54) is 4.90 Å². The van der Waals surface area contributed by atoms with Gasteiger partial charge < -0.3 is 25.4 Å². The van der Waals surface area contributed by atoms with E-state index in [9.17, 15) is 24.3 Å². The number of hydrogen-bond acceptors (Lipinski definition) is 5. The average molecular weight is 542 g/mol. The zero-order valence-corrected chi connectivity index (χ0v) is 22.1. The lowest BCUT2D eigenvalue weighted by Crippen LogP contribution is -2.47. The van der Waals surface area contributed by atoms with Crippen LogP contribution in [-0.2, 0) is 25.7 Å². The standard InChI is InChI=1S/C28H32ClN3O6/c1-18-25(20-8-4-3-5-9-20)38-27(35)23(31-28(36)37)11-7-6-10-21(26(34)32(18)2)16-24(33)30-17-19-12-14-22(29)15-13-19/h3-9,12-15,18,21,23,25,31H,10-11,16-17H2,1-2H3,(H,30,33)(H,36,37)/t18-,21-,23-,25-/m0/s1. The molecule has 38 heavy (non-hydrogen) atoms. The first-order valence-electron chi connectivity index (χ1n) is 12.3. The maximum absolute atomic E-state index is 13.6. The van der Waals surface area contributed by atoms with Gasteiger partial charge in [0.2, 0.25) is 11.8 Å². The average Bonchev–Trinajstić information content (AvgIpc) is 2.90. The highest BCUT2D eigenvalue weighted by Crippen LogP contribution is 2.28. The quantitative estimate of drug-likeness (QED) is 0.374. The molecule has 0 bridgehead atoms. The number of likely N-dealkylation sites (N-methyl/N-ethyl adjacent to an activating group) is 1. The van der Waals surface area contributed by atoms with Crippen LogP contribution in [0.2, 0.25) is 5.02 Å². The zero-order valence-electron chi connectivity index (χ0n) is 21.3. The highest BCUT2D eigenvalue weighted by atomic mass is 35.5. The van der Waals surface area contributed by atoms with Gasteiger partial charge in [0.25, 0.3) is 0 Å². The summed E-state index contributed by atoms with van der Waals surface area (Å²) in [5, 5.41) is 14.9. The van der Waals surface area contributed by atoms with Gasteiger partial charge in [-0.1, -0.05) is 66.2 Å². The molecule has 0 aromatic heterocycles. The van der Waals surface area contributed by atoms with Crippen LogP contribution in [0.5, 0.6) is 0 Å². The van der Waals surface area contributed by atoms with Crippen molar-refractivity contribution in [2.24, 2.45) is 5.92 Å². The molecular weight excluding hydrogens is 510 g/mol. The molecule has 1 aliphatic heterocycles. The Labute approximate surface area is 226 Å². The second kappa shape index (κ2) is 13.6. The number of esters is 1. The number of rotatable bonds is 6. The Hall–Kier alpha value is -3.85. The van der Waals surface area contributed by atoms with Crippen LogP contribution in [0.25, 0.3) is 0 Å². The first-order chi connectivity index (χ1) is 18.2. The van der Waals surface area contributed by atoms with Gasteiger partial charge in [-0.2, -0.15) is 0 Å². The monoisotopic (exact) mass is 541 g/mol. The molecule has 0 aliphatic carbocycles. The van der Waals surface area contributed by atoms with E-state index < -0.39 is 36.2 Å². The second-order valence-corrected chi connectivity index (χ2v) is 9.64. The number of benzene rings is 2. The second-order valence-electron chi connectivity index (χ2n) is 9.21. The number of allylic oxidation sites excluding steroid dienone is 1. The van der Waals surface area contributed by atoms with E-state index in [2.05, 4.69) is 10.6 Å². The van der Waals surface area contributed by atoms with Gasteiger partial charge in [0.15, 0.2) is 0 Å². The number of carbonyl (C=O) groups is 4. The van der Waals surface area contributed by atoms with Crippen molar-refractivity contribution in [2.75, 3.05) is 7.05 Å². The van der Waals surface area contributed by atoms with Gasteiger partial charge in [0, 0.05) is 25.0 Å². The van der Waals surface area contributed by atoms with Crippen LogP contribution in [0.1, 0.15) is 43.4 Å². The van der Waals surface area contributed by atoms with Gasteiger partial charge in [0.1, 0.15) is 12.1 Å². The highest BCUT2D eigenvalue weighted by molar-refractivity contribution is 6.30. The van der Waals surface area contributed by atoms with Gasteiger partial charge in [0.05, 0.1) is 12.0 Å². The molecule has 0 unspecified atom stereocenters. The molecule has 2 aromatic rings. The molecule has 0 saturated carbocycles. The largest absolute Gasteiger partial charge is 0.465 e. The summed E-state index contributed by atoms with van der Waals surface area (Å²) in [6.07, 6.45) is 1.36. The third-order valence-corrected chi connectivity index (χ3v) is 6.75. The predicted octanol–water partition coefficient (Wildman–Crippen LogP) is 4.08. The fourth-order valence-electron chi connectivity index (χ4n) is 4.21. The molecule has 0 spiro atoms. The Bertz CT molecular complexity index is 1150. The highest BCUT2D eigenvalue weighted by Gasteiger charge is 2.35. The number of carboxylic acid groups (broad SMARTS) is 1. The minimum atomic E-state index is -1.35. The van der Waals surface area contributed by atoms with Gasteiger partial charge in [-0.25, -0.2) is 9.59 Å². The molecule has 0 fully saturated rings. The Morgan fingerprint density at radius 1 is 1.05 bits per heavy atom. The topological polar surface area (TPSA) is 125 Å². The number of cyclic esters (lactones) is 1. The minimum Gasteiger partial charge on any atom is -0.465 e. The fourth-order valence-corrected chi connectivity index (χ4v) is 4.34. The Morgan fingerprint density at radius 2 is 1.71 bits per heavy atom. The molecule has 3 rings (SSSR count). The number of carbonyl (C=O) groups excluding carboxylic acids is 3. The summed E-state index contributed by atoms with van der Waals surface area (Å²) in [5.74, 6) is -1.95. The molecule has 4 atom stereocenters. The molecule has 3 N–H and O–H groups in total. The molecule has 10 heteroatoms. The van der Waals surface area contributed by atoms with Crippen LogP contribution in [0.15, 0.2) is 66.7 Å². The Morgan fingerprint density at radius 3 is 2.37 bits per heavy atom. The number of halogens is 1. The van der Waals surface area contributed by atoms with Crippen molar-refractivity contribution in [3.8, 4) is 0 Å². The Kier molecular flexibility index (Phi) is 10.3. The van der Waals surface area contributed by atoms with Crippen LogP contribution >= 0.6 is 11.6 Å². The normalized spacial score (nSPS) is 22.6. The number of nitrogens with zero attached hydrogens (tertiary/aromatic N) is 1. The van der Waals surface area contributed by atoms with Crippen LogP contribution < -0.4 is 10.6 Å². The molecule has 9 nitrogen and oxygen atoms in total. The Balaban J connectivity index is 1.83. The van der Waals surface area contributed by atoms with Crippen molar-refractivity contribution in [1.82, 2.24) is 15.5 Å². The van der Waals surface area contributed by atoms with Crippen molar-refractivity contribution in [2.45, 2.75) is 50.9 Å². The van der Waals surface area contributed by atoms with Crippen LogP contribution in [0.4, 0.5) is 4.79 Å². The number of nitrogens with one attached hydrogen (secondary N) is 2. The van der Waals surface area contributed by atoms with E-state index in [0.29, 0.717) is 17.1 Å². The van der Waals surface area contributed by atoms with Crippen molar-refractivity contribution < 1.29 is 29.0 Å². The summed E-state index contributed by atoms with van der Waals surface area (Å²) in [6.45, 7) is 2.05. The summed E-state index contributed by atoms with van der Waals surface area (Å²) < 4.78 is 5.78. The van der Waals surface area contributed by atoms with E-state index in [4.69, 9.17) is 16.3 Å². The number of hydrogen-bond donors (Lipinski definition) is 3. The van der Waals surface area contributed by atoms with Gasteiger partial charge >= 0.3 is 12.1 Å². The lowest BCUT2D eigenvalue weighted by Gasteiger charge is -2.35. The van der Waals surface area contributed by atoms with Crippen molar-refractivity contribution in [1.29, 1.82) is 0 Å². The lowest BCUT2D eigenvalue weighted by atomic mass is 9.95. The van der Waals surface area contributed by atoms with E-state index in [0.717, 1.165) is 5.56 Å². The van der Waals surface area contributed by atoms with Crippen LogP contribution in [0, 0.1) is 5.92 Å². The van der Waals surface area contributed by atoms with Crippen molar-refractivity contribution in [3.63, 3.8) is 0 Å². The molecule has 1 heterocycles. The van der Waals surface area contributed by atoms with Crippen molar-refractivity contribution >= 4 is 35.5 Å². The zero-order chi connectivity index (χ0) is 27.7. The minimum absolute atomic E-state index is 0.0413. The molecule has 202 valence electrons.